The van der Waals surface area contributed by atoms with Crippen molar-refractivity contribution in [2.45, 2.75) is 25.1 Å². The second kappa shape index (κ2) is 7.40. The highest BCUT2D eigenvalue weighted by molar-refractivity contribution is 5.95. The molecule has 5 heterocycles. The van der Waals surface area contributed by atoms with E-state index in [1.807, 2.05) is 0 Å². The molecule has 166 valence electrons. The minimum atomic E-state index is -1.01. The second-order valence-electron chi connectivity index (χ2n) is 8.00. The molecule has 2 aliphatic rings. The number of nitrogens with zero attached hydrogens (tertiary/aromatic N) is 5. The van der Waals surface area contributed by atoms with Gasteiger partial charge < -0.3 is 16.0 Å². The second-order valence-corrected chi connectivity index (χ2v) is 8.00. The van der Waals surface area contributed by atoms with Gasteiger partial charge in [-0.25, -0.2) is 18.9 Å². The van der Waals surface area contributed by atoms with Gasteiger partial charge in [-0.1, -0.05) is 6.07 Å². The normalized spacial score (nSPS) is 18.6. The Labute approximate surface area is 186 Å². The number of amides is 1. The van der Waals surface area contributed by atoms with Gasteiger partial charge >= 0.3 is 0 Å². The molecule has 0 aromatic carbocycles. The number of carbonyl (C=O) groups is 1. The van der Waals surface area contributed by atoms with Crippen molar-refractivity contribution >= 4 is 28.7 Å². The molecule has 0 saturated heterocycles. The van der Waals surface area contributed by atoms with Gasteiger partial charge in [-0.05, 0) is 30.7 Å². The number of halogens is 1. The van der Waals surface area contributed by atoms with E-state index in [-0.39, 0.29) is 11.3 Å². The fourth-order valence-electron chi connectivity index (χ4n) is 3.98. The molecule has 0 spiro atoms. The topological polar surface area (TPSA) is 118 Å². The largest absolute Gasteiger partial charge is 0.381 e. The van der Waals surface area contributed by atoms with Crippen molar-refractivity contribution in [3.8, 4) is 5.82 Å². The van der Waals surface area contributed by atoms with E-state index in [9.17, 15) is 14.0 Å². The van der Waals surface area contributed by atoms with Crippen LogP contribution in [0.15, 0.2) is 53.7 Å². The van der Waals surface area contributed by atoms with Crippen LogP contribution in [-0.4, -0.2) is 48.8 Å². The molecule has 2 atom stereocenters. The third kappa shape index (κ3) is 3.28. The minimum absolute atomic E-state index is 0.197. The van der Waals surface area contributed by atoms with E-state index < -0.39 is 18.1 Å². The predicted molar refractivity (Wildman–Crippen MR) is 119 cm³/mol. The van der Waals surface area contributed by atoms with E-state index in [4.69, 9.17) is 0 Å². The number of fused-ring (bicyclic) bond motifs is 3. The van der Waals surface area contributed by atoms with Gasteiger partial charge in [-0.15, -0.1) is 5.10 Å². The third-order valence-corrected chi connectivity index (χ3v) is 5.78. The first kappa shape index (κ1) is 19.4. The number of hydrogen-bond acceptors (Lipinski definition) is 7. The number of alkyl halides is 1. The number of aromatic nitrogens is 5. The number of nitrogens with one attached hydrogen (secondary N) is 3. The summed E-state index contributed by atoms with van der Waals surface area (Å²) in [6.45, 7) is 0.679. The molecule has 1 aliphatic heterocycles. The van der Waals surface area contributed by atoms with Crippen molar-refractivity contribution in [1.29, 1.82) is 0 Å². The number of carbonyl (C=O) groups excluding carboxylic acids is 1. The number of rotatable bonds is 5. The van der Waals surface area contributed by atoms with Crippen molar-refractivity contribution in [1.82, 2.24) is 29.5 Å². The number of pyridine rings is 2. The molecule has 6 rings (SSSR count). The summed E-state index contributed by atoms with van der Waals surface area (Å²) in [7, 11) is 0. The van der Waals surface area contributed by atoms with Gasteiger partial charge in [0, 0.05) is 30.9 Å². The van der Waals surface area contributed by atoms with Crippen LogP contribution in [0.2, 0.25) is 0 Å². The zero-order valence-corrected chi connectivity index (χ0v) is 17.3. The van der Waals surface area contributed by atoms with Crippen molar-refractivity contribution in [2.24, 2.45) is 0 Å². The van der Waals surface area contributed by atoms with E-state index in [0.717, 1.165) is 11.3 Å². The average molecular weight is 446 g/mol. The lowest BCUT2D eigenvalue weighted by Crippen LogP contribution is -2.28. The Bertz CT molecular complexity index is 1450. The SMILES string of the molecule is O=C(N[C@@H]1C[C@@H]1F)c1cnc2c3c(c(Nc4cccn(-c5ccccn5)c4=O)nn12)CCN3. The van der Waals surface area contributed by atoms with Gasteiger partial charge in [0.05, 0.1) is 17.9 Å². The summed E-state index contributed by atoms with van der Waals surface area (Å²) in [6, 6.07) is 8.27. The highest BCUT2D eigenvalue weighted by atomic mass is 19.1. The lowest BCUT2D eigenvalue weighted by molar-refractivity contribution is 0.0940. The highest BCUT2D eigenvalue weighted by Crippen LogP contribution is 2.33. The standard InChI is InChI=1S/C22H19FN8O2/c23-13-10-15(13)28-21(32)16-11-26-20-18-12(6-8-25-18)19(29-31(16)20)27-14-4-3-9-30(22(14)33)17-5-1-2-7-24-17/h1-5,7,9,11,13,15,25H,6,8,10H2,(H,27,29)(H,28,32)/t13-,15+/m0/s1. The van der Waals surface area contributed by atoms with Crippen LogP contribution in [0.1, 0.15) is 22.5 Å². The Balaban J connectivity index is 1.41. The molecule has 4 aromatic heterocycles. The summed E-state index contributed by atoms with van der Waals surface area (Å²) >= 11 is 0. The average Bonchev–Trinajstić information content (AvgIpc) is 3.21. The van der Waals surface area contributed by atoms with Gasteiger partial charge in [0.2, 0.25) is 0 Å². The highest BCUT2D eigenvalue weighted by Gasteiger charge is 2.39. The lowest BCUT2D eigenvalue weighted by atomic mass is 10.2. The Hall–Kier alpha value is -4.28. The Morgan fingerprint density at radius 1 is 1.21 bits per heavy atom. The molecule has 33 heavy (non-hydrogen) atoms. The molecular weight excluding hydrogens is 427 g/mol. The van der Waals surface area contributed by atoms with Crippen molar-refractivity contribution in [3.63, 3.8) is 0 Å². The molecule has 1 fully saturated rings. The Morgan fingerprint density at radius 3 is 2.88 bits per heavy atom. The zero-order chi connectivity index (χ0) is 22.5. The maximum Gasteiger partial charge on any atom is 0.279 e. The molecule has 1 aliphatic carbocycles. The maximum atomic E-state index is 13.3. The third-order valence-electron chi connectivity index (χ3n) is 5.78. The molecule has 11 heteroatoms. The summed E-state index contributed by atoms with van der Waals surface area (Å²) in [5, 5.41) is 13.7. The molecule has 3 N–H and O–H groups in total. The number of anilines is 3. The van der Waals surface area contributed by atoms with Crippen LogP contribution >= 0.6 is 0 Å². The summed E-state index contributed by atoms with van der Waals surface area (Å²) in [6.07, 6.45) is 4.68. The molecule has 10 nitrogen and oxygen atoms in total. The van der Waals surface area contributed by atoms with E-state index >= 15 is 0 Å². The smallest absolute Gasteiger partial charge is 0.279 e. The minimum Gasteiger partial charge on any atom is -0.381 e. The molecule has 1 saturated carbocycles. The molecule has 1 amide bonds. The fraction of sp³-hybridized carbons (Fsp3) is 0.227. The van der Waals surface area contributed by atoms with E-state index in [2.05, 4.69) is 31.0 Å². The van der Waals surface area contributed by atoms with Crippen LogP contribution in [0, 0.1) is 0 Å². The molecule has 0 unspecified atom stereocenters. The van der Waals surface area contributed by atoms with Crippen LogP contribution in [0.4, 0.5) is 21.6 Å². The van der Waals surface area contributed by atoms with E-state index in [0.29, 0.717) is 42.4 Å². The van der Waals surface area contributed by atoms with Gasteiger partial charge in [0.15, 0.2) is 17.2 Å². The first-order valence-corrected chi connectivity index (χ1v) is 10.6. The summed E-state index contributed by atoms with van der Waals surface area (Å²) < 4.78 is 16.1. The van der Waals surface area contributed by atoms with Gasteiger partial charge in [0.1, 0.15) is 17.7 Å². The van der Waals surface area contributed by atoms with Crippen LogP contribution in [0.3, 0.4) is 0 Å². The first-order chi connectivity index (χ1) is 16.1. The van der Waals surface area contributed by atoms with Crippen LogP contribution in [0.5, 0.6) is 0 Å². The summed E-state index contributed by atoms with van der Waals surface area (Å²) in [5.41, 5.74) is 2.35. The van der Waals surface area contributed by atoms with Gasteiger partial charge in [-0.3, -0.25) is 14.2 Å². The molecule has 4 aromatic rings. The van der Waals surface area contributed by atoms with E-state index in [1.54, 1.807) is 42.7 Å². The monoisotopic (exact) mass is 446 g/mol. The Morgan fingerprint density at radius 2 is 2.09 bits per heavy atom. The summed E-state index contributed by atoms with van der Waals surface area (Å²) in [5.74, 6) is 0.503. The Kier molecular flexibility index (Phi) is 4.35. The zero-order valence-electron chi connectivity index (χ0n) is 17.3. The van der Waals surface area contributed by atoms with E-state index in [1.165, 1.54) is 15.3 Å². The fourth-order valence-corrected chi connectivity index (χ4v) is 3.98. The van der Waals surface area contributed by atoms with Crippen molar-refractivity contribution < 1.29 is 9.18 Å². The summed E-state index contributed by atoms with van der Waals surface area (Å²) in [4.78, 5) is 34.4. The van der Waals surface area contributed by atoms with Gasteiger partial charge in [0.25, 0.3) is 11.5 Å². The maximum absolute atomic E-state index is 13.3. The van der Waals surface area contributed by atoms with Crippen molar-refractivity contribution in [3.05, 3.63) is 70.5 Å². The molecule has 0 bridgehead atoms. The first-order valence-electron chi connectivity index (χ1n) is 10.6. The van der Waals surface area contributed by atoms with Crippen molar-refractivity contribution in [2.75, 3.05) is 17.2 Å². The van der Waals surface area contributed by atoms with Crippen LogP contribution in [0.25, 0.3) is 11.5 Å². The number of hydrogen-bond donors (Lipinski definition) is 3. The quantitative estimate of drug-likeness (QED) is 0.428. The van der Waals surface area contributed by atoms with Crippen LogP contribution < -0.4 is 21.5 Å². The number of imidazole rings is 1. The molecule has 0 radical (unpaired) electrons. The predicted octanol–water partition coefficient (Wildman–Crippen LogP) is 1.83. The van der Waals surface area contributed by atoms with Gasteiger partial charge in [-0.2, -0.15) is 0 Å². The van der Waals surface area contributed by atoms with Crippen LogP contribution in [-0.2, 0) is 6.42 Å². The molecular formula is C22H19FN8O2. The lowest BCUT2D eigenvalue weighted by Gasteiger charge is -2.13.